The maximum absolute atomic E-state index is 12.5. The molecule has 0 saturated carbocycles. The van der Waals surface area contributed by atoms with Gasteiger partial charge >= 0.3 is 5.97 Å². The minimum absolute atomic E-state index is 0.0165. The van der Waals surface area contributed by atoms with Gasteiger partial charge in [-0.15, -0.1) is 0 Å². The summed E-state index contributed by atoms with van der Waals surface area (Å²) in [6.45, 7) is 1.87. The first kappa shape index (κ1) is 18.5. The van der Waals surface area contributed by atoms with E-state index in [-0.39, 0.29) is 12.3 Å². The Labute approximate surface area is 135 Å². The van der Waals surface area contributed by atoms with E-state index in [9.17, 15) is 9.59 Å². The third kappa shape index (κ3) is 4.72. The van der Waals surface area contributed by atoms with E-state index in [0.29, 0.717) is 17.1 Å². The van der Waals surface area contributed by atoms with E-state index >= 15 is 0 Å². The normalized spacial score (nSPS) is 10.9. The molecule has 0 aliphatic carbocycles. The first-order valence-corrected chi connectivity index (χ1v) is 6.91. The summed E-state index contributed by atoms with van der Waals surface area (Å²) < 4.78 is 15.2. The molecule has 0 N–H and O–H groups in total. The van der Waals surface area contributed by atoms with Crippen LogP contribution in [-0.4, -0.2) is 51.8 Å². The van der Waals surface area contributed by atoms with E-state index in [1.165, 1.54) is 28.4 Å². The predicted molar refractivity (Wildman–Crippen MR) is 83.4 cm³/mol. The van der Waals surface area contributed by atoms with Crippen molar-refractivity contribution in [2.24, 2.45) is 0 Å². The Hall–Kier alpha value is -2.54. The number of carbonyl (C=O) groups excluding carboxylic acids is 2. The van der Waals surface area contributed by atoms with Gasteiger partial charge in [0.05, 0.1) is 33.5 Å². The van der Waals surface area contributed by atoms with Gasteiger partial charge < -0.3 is 14.2 Å². The summed E-state index contributed by atoms with van der Waals surface area (Å²) in [6.07, 6.45) is 1.14. The molecule has 23 heavy (non-hydrogen) atoms. The largest absolute Gasteiger partial charge is 0.497 e. The summed E-state index contributed by atoms with van der Waals surface area (Å²) in [5, 5.41) is 1.16. The van der Waals surface area contributed by atoms with Crippen LogP contribution in [0, 0.1) is 0 Å². The number of hydroxylamine groups is 2. The number of benzene rings is 1. The van der Waals surface area contributed by atoms with Crippen molar-refractivity contribution < 1.29 is 28.6 Å². The maximum Gasteiger partial charge on any atom is 0.357 e. The van der Waals surface area contributed by atoms with Gasteiger partial charge in [0.15, 0.2) is 11.5 Å². The standard InChI is InChI=1S/C16H21NO6/c1-6-23-16(19)13(17(2)22-5)10-14(18)12-8-7-11(20-3)9-15(12)21-4/h7-10H,6H2,1-5H3/b13-10-. The number of hydrogen-bond acceptors (Lipinski definition) is 7. The van der Waals surface area contributed by atoms with Crippen LogP contribution in [0.15, 0.2) is 30.0 Å². The molecule has 1 aromatic rings. The van der Waals surface area contributed by atoms with Crippen LogP contribution >= 0.6 is 0 Å². The molecule has 1 rings (SSSR count). The highest BCUT2D eigenvalue weighted by Gasteiger charge is 2.20. The molecule has 0 saturated heterocycles. The molecule has 7 nitrogen and oxygen atoms in total. The van der Waals surface area contributed by atoms with E-state index in [2.05, 4.69) is 0 Å². The van der Waals surface area contributed by atoms with Crippen LogP contribution in [-0.2, 0) is 14.4 Å². The number of ketones is 1. The van der Waals surface area contributed by atoms with E-state index in [4.69, 9.17) is 19.0 Å². The highest BCUT2D eigenvalue weighted by Crippen LogP contribution is 2.25. The first-order chi connectivity index (χ1) is 11.0. The lowest BCUT2D eigenvalue weighted by molar-refractivity contribution is -0.149. The lowest BCUT2D eigenvalue weighted by Gasteiger charge is -2.18. The Kier molecular flexibility index (Phi) is 7.08. The van der Waals surface area contributed by atoms with Crippen LogP contribution in [0.2, 0.25) is 0 Å². The van der Waals surface area contributed by atoms with Crippen LogP contribution in [0.3, 0.4) is 0 Å². The second kappa shape index (κ2) is 8.79. The van der Waals surface area contributed by atoms with Crippen LogP contribution in [0.1, 0.15) is 17.3 Å². The molecule has 0 bridgehead atoms. The van der Waals surface area contributed by atoms with E-state index in [1.54, 1.807) is 25.1 Å². The molecule has 0 fully saturated rings. The zero-order chi connectivity index (χ0) is 17.4. The Morgan fingerprint density at radius 2 is 1.87 bits per heavy atom. The molecule has 0 heterocycles. The van der Waals surface area contributed by atoms with E-state index in [1.807, 2.05) is 0 Å². The van der Waals surface area contributed by atoms with Crippen LogP contribution in [0.5, 0.6) is 11.5 Å². The quantitative estimate of drug-likeness (QED) is 0.313. The number of methoxy groups -OCH3 is 2. The van der Waals surface area contributed by atoms with Crippen molar-refractivity contribution >= 4 is 11.8 Å². The van der Waals surface area contributed by atoms with E-state index < -0.39 is 11.8 Å². The molecular formula is C16H21NO6. The Bertz CT molecular complexity index is 596. The summed E-state index contributed by atoms with van der Waals surface area (Å²) in [5.41, 5.74) is 0.275. The molecule has 0 aliphatic heterocycles. The molecule has 0 amide bonds. The van der Waals surface area contributed by atoms with Crippen molar-refractivity contribution in [2.45, 2.75) is 6.92 Å². The summed E-state index contributed by atoms with van der Waals surface area (Å²) in [5.74, 6) is -0.176. The zero-order valence-electron chi connectivity index (χ0n) is 13.9. The molecule has 0 unspecified atom stereocenters. The van der Waals surface area contributed by atoms with Crippen LogP contribution in [0.25, 0.3) is 0 Å². The number of allylic oxidation sites excluding steroid dienone is 1. The highest BCUT2D eigenvalue weighted by molar-refractivity contribution is 6.10. The van der Waals surface area contributed by atoms with Crippen LogP contribution < -0.4 is 9.47 Å². The molecule has 0 radical (unpaired) electrons. The minimum atomic E-state index is -0.655. The Balaban J connectivity index is 3.21. The van der Waals surface area contributed by atoms with Gasteiger partial charge in [-0.25, -0.2) is 4.79 Å². The summed E-state index contributed by atoms with van der Waals surface area (Å²) in [4.78, 5) is 29.4. The minimum Gasteiger partial charge on any atom is -0.497 e. The number of carbonyl (C=O) groups is 2. The van der Waals surface area contributed by atoms with Crippen molar-refractivity contribution in [1.82, 2.24) is 5.06 Å². The summed E-state index contributed by atoms with van der Waals surface area (Å²) in [7, 11) is 5.85. The second-order valence-corrected chi connectivity index (χ2v) is 4.36. The number of likely N-dealkylation sites (N-methyl/N-ethyl adjacent to an activating group) is 1. The Morgan fingerprint density at radius 1 is 1.17 bits per heavy atom. The third-order valence-electron chi connectivity index (χ3n) is 3.04. The predicted octanol–water partition coefficient (Wildman–Crippen LogP) is 1.83. The average Bonchev–Trinajstić information content (AvgIpc) is 2.58. The summed E-state index contributed by atoms with van der Waals surface area (Å²) >= 11 is 0. The SMILES string of the molecule is CCOC(=O)/C(=C/C(=O)c1ccc(OC)cc1OC)N(C)OC. The molecule has 0 aliphatic rings. The van der Waals surface area contributed by atoms with E-state index in [0.717, 1.165) is 11.1 Å². The molecule has 0 aromatic heterocycles. The molecule has 1 aromatic carbocycles. The Morgan fingerprint density at radius 3 is 2.39 bits per heavy atom. The topological polar surface area (TPSA) is 74.3 Å². The van der Waals surface area contributed by atoms with Crippen molar-refractivity contribution in [2.75, 3.05) is 35.0 Å². The second-order valence-electron chi connectivity index (χ2n) is 4.36. The number of rotatable bonds is 8. The van der Waals surface area contributed by atoms with Gasteiger partial charge in [-0.3, -0.25) is 14.7 Å². The molecule has 126 valence electrons. The summed E-state index contributed by atoms with van der Waals surface area (Å²) in [6, 6.07) is 4.78. The van der Waals surface area contributed by atoms with Gasteiger partial charge in [0.2, 0.25) is 0 Å². The fraction of sp³-hybridized carbons (Fsp3) is 0.375. The van der Waals surface area contributed by atoms with Gasteiger partial charge in [0.25, 0.3) is 0 Å². The van der Waals surface area contributed by atoms with Gasteiger partial charge in [0, 0.05) is 19.2 Å². The van der Waals surface area contributed by atoms with Crippen molar-refractivity contribution in [3.8, 4) is 11.5 Å². The highest BCUT2D eigenvalue weighted by atomic mass is 16.7. The van der Waals surface area contributed by atoms with Gasteiger partial charge in [0.1, 0.15) is 11.5 Å². The molecule has 7 heteroatoms. The lowest BCUT2D eigenvalue weighted by Crippen LogP contribution is -2.25. The smallest absolute Gasteiger partial charge is 0.357 e. The molecule has 0 spiro atoms. The number of ether oxygens (including phenoxy) is 3. The maximum atomic E-state index is 12.5. The lowest BCUT2D eigenvalue weighted by atomic mass is 10.1. The van der Waals surface area contributed by atoms with Crippen LogP contribution in [0.4, 0.5) is 0 Å². The van der Waals surface area contributed by atoms with Gasteiger partial charge in [-0.1, -0.05) is 0 Å². The third-order valence-corrected chi connectivity index (χ3v) is 3.04. The van der Waals surface area contributed by atoms with Gasteiger partial charge in [-0.05, 0) is 19.1 Å². The monoisotopic (exact) mass is 323 g/mol. The number of hydrogen-bond donors (Lipinski definition) is 0. The van der Waals surface area contributed by atoms with Crippen molar-refractivity contribution in [3.63, 3.8) is 0 Å². The average molecular weight is 323 g/mol. The molecule has 0 atom stereocenters. The first-order valence-electron chi connectivity index (χ1n) is 6.91. The molecular weight excluding hydrogens is 302 g/mol. The van der Waals surface area contributed by atoms with Gasteiger partial charge in [-0.2, -0.15) is 0 Å². The fourth-order valence-electron chi connectivity index (χ4n) is 1.79. The zero-order valence-corrected chi connectivity index (χ0v) is 13.9. The fourth-order valence-corrected chi connectivity index (χ4v) is 1.79. The number of nitrogens with zero attached hydrogens (tertiary/aromatic N) is 1. The van der Waals surface area contributed by atoms with Crippen molar-refractivity contribution in [3.05, 3.63) is 35.5 Å². The van der Waals surface area contributed by atoms with Crippen molar-refractivity contribution in [1.29, 1.82) is 0 Å². The number of esters is 1.